The van der Waals surface area contributed by atoms with Crippen molar-refractivity contribution in [2.75, 3.05) is 7.05 Å². The van der Waals surface area contributed by atoms with Crippen LogP contribution in [0.2, 0.25) is 0 Å². The van der Waals surface area contributed by atoms with Gasteiger partial charge in [0.25, 0.3) is 5.91 Å². The van der Waals surface area contributed by atoms with Gasteiger partial charge in [-0.15, -0.1) is 0 Å². The Hall–Kier alpha value is -1.36. The molecule has 0 radical (unpaired) electrons. The second-order valence-electron chi connectivity index (χ2n) is 4.96. The van der Waals surface area contributed by atoms with Gasteiger partial charge < -0.3 is 15.4 Å². The lowest BCUT2D eigenvalue weighted by molar-refractivity contribution is 0.0957. The van der Waals surface area contributed by atoms with Gasteiger partial charge in [-0.05, 0) is 13.3 Å². The van der Waals surface area contributed by atoms with Gasteiger partial charge >= 0.3 is 0 Å². The Morgan fingerprint density at radius 1 is 1.47 bits per heavy atom. The summed E-state index contributed by atoms with van der Waals surface area (Å²) in [5.41, 5.74) is 0.441. The summed E-state index contributed by atoms with van der Waals surface area (Å²) in [6, 6.07) is 0. The normalized spacial score (nSPS) is 14.1. The van der Waals surface area contributed by atoms with Gasteiger partial charge in [0, 0.05) is 13.0 Å². The molecule has 0 aliphatic heterocycles. The Balaban J connectivity index is 2.65. The molecule has 0 aliphatic carbocycles. The quantitative estimate of drug-likeness (QED) is 0.632. The van der Waals surface area contributed by atoms with Gasteiger partial charge in [-0.1, -0.05) is 32.6 Å². The van der Waals surface area contributed by atoms with Gasteiger partial charge in [0.2, 0.25) is 0 Å². The standard InChI is InChI=1S/C14H25N3O2/c1-4-5-6-7-8-11(10(2)18)13-16-9-12(17-13)14(19)15-3/h9-11,18H,4-8H2,1-3H3,(H,15,19)(H,16,17). The molecule has 5 nitrogen and oxygen atoms in total. The molecule has 1 heterocycles. The van der Waals surface area contributed by atoms with E-state index in [0.29, 0.717) is 11.5 Å². The lowest BCUT2D eigenvalue weighted by Gasteiger charge is -2.17. The van der Waals surface area contributed by atoms with Crippen LogP contribution in [0.3, 0.4) is 0 Å². The molecule has 0 bridgehead atoms. The van der Waals surface area contributed by atoms with Crippen LogP contribution in [0.15, 0.2) is 6.20 Å². The first kappa shape index (κ1) is 15.7. The summed E-state index contributed by atoms with van der Waals surface area (Å²) in [4.78, 5) is 18.7. The Morgan fingerprint density at radius 2 is 2.21 bits per heavy atom. The van der Waals surface area contributed by atoms with Crippen LogP contribution in [0.1, 0.15) is 68.2 Å². The predicted octanol–water partition coefficient (Wildman–Crippen LogP) is 2.20. The third-order valence-corrected chi connectivity index (χ3v) is 3.37. The maximum atomic E-state index is 11.5. The van der Waals surface area contributed by atoms with Crippen LogP contribution in [-0.4, -0.2) is 34.1 Å². The molecule has 0 saturated heterocycles. The van der Waals surface area contributed by atoms with Crippen molar-refractivity contribution in [3.8, 4) is 0 Å². The summed E-state index contributed by atoms with van der Waals surface area (Å²) in [5.74, 6) is 0.481. The third kappa shape index (κ3) is 4.67. The Bertz CT molecular complexity index is 388. The van der Waals surface area contributed by atoms with E-state index in [-0.39, 0.29) is 11.8 Å². The van der Waals surface area contributed by atoms with E-state index in [4.69, 9.17) is 0 Å². The largest absolute Gasteiger partial charge is 0.393 e. The molecule has 5 heteroatoms. The molecule has 19 heavy (non-hydrogen) atoms. The average molecular weight is 267 g/mol. The minimum atomic E-state index is -0.467. The molecular formula is C14H25N3O2. The van der Waals surface area contributed by atoms with Crippen LogP contribution in [-0.2, 0) is 0 Å². The number of carbonyl (C=O) groups excluding carboxylic acids is 1. The zero-order valence-corrected chi connectivity index (χ0v) is 12.1. The summed E-state index contributed by atoms with van der Waals surface area (Å²) in [5, 5.41) is 12.4. The van der Waals surface area contributed by atoms with Crippen LogP contribution in [0.25, 0.3) is 0 Å². The number of H-pyrrole nitrogens is 1. The first-order valence-corrected chi connectivity index (χ1v) is 7.05. The zero-order chi connectivity index (χ0) is 14.3. The van der Waals surface area contributed by atoms with Crippen LogP contribution in [0.5, 0.6) is 0 Å². The van der Waals surface area contributed by atoms with Crippen molar-refractivity contribution in [1.29, 1.82) is 0 Å². The van der Waals surface area contributed by atoms with E-state index in [9.17, 15) is 9.90 Å². The van der Waals surface area contributed by atoms with E-state index < -0.39 is 6.10 Å². The molecular weight excluding hydrogens is 242 g/mol. The molecule has 1 amide bonds. The fraction of sp³-hybridized carbons (Fsp3) is 0.714. The number of hydrogen-bond donors (Lipinski definition) is 3. The van der Waals surface area contributed by atoms with Gasteiger partial charge in [-0.2, -0.15) is 0 Å². The number of aliphatic hydroxyl groups is 1. The van der Waals surface area contributed by atoms with E-state index in [1.807, 2.05) is 0 Å². The highest BCUT2D eigenvalue weighted by molar-refractivity contribution is 5.91. The number of nitrogens with one attached hydrogen (secondary N) is 2. The Morgan fingerprint density at radius 3 is 2.79 bits per heavy atom. The van der Waals surface area contributed by atoms with Crippen LogP contribution in [0.4, 0.5) is 0 Å². The third-order valence-electron chi connectivity index (χ3n) is 3.37. The molecule has 1 rings (SSSR count). The molecule has 0 fully saturated rings. The second-order valence-corrected chi connectivity index (χ2v) is 4.96. The number of nitrogens with zero attached hydrogens (tertiary/aromatic N) is 1. The Labute approximate surface area is 114 Å². The fourth-order valence-electron chi connectivity index (χ4n) is 2.17. The van der Waals surface area contributed by atoms with Crippen LogP contribution >= 0.6 is 0 Å². The Kier molecular flexibility index (Phi) is 6.56. The molecule has 1 aromatic heterocycles. The van der Waals surface area contributed by atoms with Crippen molar-refractivity contribution in [2.24, 2.45) is 0 Å². The number of amides is 1. The van der Waals surface area contributed by atoms with Crippen molar-refractivity contribution in [1.82, 2.24) is 15.3 Å². The van der Waals surface area contributed by atoms with Gasteiger partial charge in [-0.25, -0.2) is 4.98 Å². The molecule has 3 N–H and O–H groups in total. The first-order chi connectivity index (χ1) is 9.10. The number of rotatable bonds is 8. The number of carbonyl (C=O) groups is 1. The molecule has 2 unspecified atom stereocenters. The van der Waals surface area contributed by atoms with Gasteiger partial charge in [0.05, 0.1) is 12.3 Å². The molecule has 1 aromatic rings. The number of aromatic amines is 1. The number of aromatic nitrogens is 2. The van der Waals surface area contributed by atoms with Gasteiger partial charge in [0.15, 0.2) is 0 Å². The number of aliphatic hydroxyl groups excluding tert-OH is 1. The summed E-state index contributed by atoms with van der Waals surface area (Å²) in [7, 11) is 1.58. The number of unbranched alkanes of at least 4 members (excludes halogenated alkanes) is 3. The lowest BCUT2D eigenvalue weighted by Crippen LogP contribution is -2.19. The smallest absolute Gasteiger partial charge is 0.269 e. The average Bonchev–Trinajstić information content (AvgIpc) is 2.86. The lowest BCUT2D eigenvalue weighted by atomic mass is 9.95. The van der Waals surface area contributed by atoms with Crippen molar-refractivity contribution >= 4 is 5.91 Å². The van der Waals surface area contributed by atoms with E-state index in [2.05, 4.69) is 22.2 Å². The maximum Gasteiger partial charge on any atom is 0.269 e. The summed E-state index contributed by atoms with van der Waals surface area (Å²) < 4.78 is 0. The minimum absolute atomic E-state index is 0.0322. The van der Waals surface area contributed by atoms with E-state index in [0.717, 1.165) is 12.8 Å². The topological polar surface area (TPSA) is 78.0 Å². The van der Waals surface area contributed by atoms with Crippen molar-refractivity contribution < 1.29 is 9.90 Å². The van der Waals surface area contributed by atoms with Crippen molar-refractivity contribution in [3.05, 3.63) is 17.7 Å². The highest BCUT2D eigenvalue weighted by Gasteiger charge is 2.21. The highest BCUT2D eigenvalue weighted by Crippen LogP contribution is 2.24. The number of imidazole rings is 1. The first-order valence-electron chi connectivity index (χ1n) is 7.05. The molecule has 0 saturated carbocycles. The van der Waals surface area contributed by atoms with E-state index >= 15 is 0 Å². The zero-order valence-electron chi connectivity index (χ0n) is 12.1. The molecule has 2 atom stereocenters. The van der Waals surface area contributed by atoms with Crippen molar-refractivity contribution in [3.63, 3.8) is 0 Å². The fourth-order valence-corrected chi connectivity index (χ4v) is 2.17. The highest BCUT2D eigenvalue weighted by atomic mass is 16.3. The molecule has 0 spiro atoms. The minimum Gasteiger partial charge on any atom is -0.393 e. The SMILES string of the molecule is CCCCCCC(c1ncc(C(=O)NC)[nH]1)C(C)O. The summed E-state index contributed by atoms with van der Waals surface area (Å²) in [6.45, 7) is 3.95. The summed E-state index contributed by atoms with van der Waals surface area (Å²) >= 11 is 0. The molecule has 108 valence electrons. The number of hydrogen-bond acceptors (Lipinski definition) is 3. The van der Waals surface area contributed by atoms with Gasteiger partial charge in [0.1, 0.15) is 11.5 Å². The van der Waals surface area contributed by atoms with Crippen LogP contribution in [0, 0.1) is 0 Å². The van der Waals surface area contributed by atoms with Gasteiger partial charge in [-0.3, -0.25) is 4.79 Å². The van der Waals surface area contributed by atoms with Crippen LogP contribution < -0.4 is 5.32 Å². The molecule has 0 aromatic carbocycles. The second kappa shape index (κ2) is 7.94. The summed E-state index contributed by atoms with van der Waals surface area (Å²) in [6.07, 6.45) is 6.59. The van der Waals surface area contributed by atoms with E-state index in [1.165, 1.54) is 25.5 Å². The molecule has 0 aliphatic rings. The predicted molar refractivity (Wildman–Crippen MR) is 75.2 cm³/mol. The van der Waals surface area contributed by atoms with E-state index in [1.54, 1.807) is 14.0 Å². The monoisotopic (exact) mass is 267 g/mol. The maximum absolute atomic E-state index is 11.5. The van der Waals surface area contributed by atoms with Crippen molar-refractivity contribution in [2.45, 2.75) is 58.0 Å².